The molecule has 0 aliphatic heterocycles. The Morgan fingerprint density at radius 1 is 0.862 bits per heavy atom. The summed E-state index contributed by atoms with van der Waals surface area (Å²) in [6.45, 7) is 4.33. The third-order valence-corrected chi connectivity index (χ3v) is 4.88. The number of aryl methyl sites for hydroxylation is 1. The van der Waals surface area contributed by atoms with E-state index in [-0.39, 0.29) is 17.7 Å². The summed E-state index contributed by atoms with van der Waals surface area (Å²) in [4.78, 5) is 0. The topological polar surface area (TPSA) is 9.23 Å². The molecule has 1 nitrogen and oxygen atoms in total. The predicted octanol–water partition coefficient (Wildman–Crippen LogP) is 7.48. The van der Waals surface area contributed by atoms with Crippen molar-refractivity contribution in [3.63, 3.8) is 0 Å². The summed E-state index contributed by atoms with van der Waals surface area (Å²) in [5, 5.41) is 0.908. The molecule has 0 amide bonds. The zero-order valence-electron chi connectivity index (χ0n) is 16.1. The fourth-order valence-electron chi connectivity index (χ4n) is 3.37. The smallest absolute Gasteiger partial charge is 0.387 e. The van der Waals surface area contributed by atoms with E-state index in [1.54, 1.807) is 18.2 Å². The standard InChI is InChI=1S/C25H23F3O/c1-3-5-7-17-9-11-18(12-10-17)19-13-14-21-20(15-19)16-23(29-25(27)28)22(24(21)26)8-6-4-2/h3-4,9-16,25H,1-2,5-8H2. The molecule has 0 unspecified atom stereocenters. The van der Waals surface area contributed by atoms with Gasteiger partial charge in [-0.1, -0.05) is 48.6 Å². The van der Waals surface area contributed by atoms with Crippen molar-refractivity contribution in [2.24, 2.45) is 0 Å². The molecule has 0 aliphatic rings. The van der Waals surface area contributed by atoms with E-state index in [2.05, 4.69) is 17.9 Å². The first-order valence-electron chi connectivity index (χ1n) is 9.54. The van der Waals surface area contributed by atoms with Crippen LogP contribution in [0.2, 0.25) is 0 Å². The summed E-state index contributed by atoms with van der Waals surface area (Å²) >= 11 is 0. The number of hydrogen-bond donors (Lipinski definition) is 0. The van der Waals surface area contributed by atoms with Crippen LogP contribution in [-0.4, -0.2) is 6.61 Å². The first kappa shape index (κ1) is 20.7. The van der Waals surface area contributed by atoms with Crippen LogP contribution in [0.25, 0.3) is 21.9 Å². The molecule has 0 saturated carbocycles. The van der Waals surface area contributed by atoms with Gasteiger partial charge in [-0.15, -0.1) is 13.2 Å². The highest BCUT2D eigenvalue weighted by Gasteiger charge is 2.17. The predicted molar refractivity (Wildman–Crippen MR) is 113 cm³/mol. The summed E-state index contributed by atoms with van der Waals surface area (Å²) < 4.78 is 45.4. The maximum absolute atomic E-state index is 15.0. The highest BCUT2D eigenvalue weighted by molar-refractivity contribution is 5.90. The quantitative estimate of drug-likeness (QED) is 0.341. The van der Waals surface area contributed by atoms with Crippen molar-refractivity contribution in [1.82, 2.24) is 0 Å². The third-order valence-electron chi connectivity index (χ3n) is 4.88. The minimum Gasteiger partial charge on any atom is -0.434 e. The summed E-state index contributed by atoms with van der Waals surface area (Å²) in [5.74, 6) is -0.643. The van der Waals surface area contributed by atoms with E-state index >= 15 is 4.39 Å². The fourth-order valence-corrected chi connectivity index (χ4v) is 3.37. The molecule has 3 rings (SSSR count). The summed E-state index contributed by atoms with van der Waals surface area (Å²) in [6.07, 6.45) is 6.07. The lowest BCUT2D eigenvalue weighted by Gasteiger charge is -2.14. The van der Waals surface area contributed by atoms with Gasteiger partial charge in [0.2, 0.25) is 0 Å². The Hall–Kier alpha value is -3.01. The number of benzene rings is 3. The molecule has 3 aromatic rings. The van der Waals surface area contributed by atoms with Crippen LogP contribution in [0, 0.1) is 5.82 Å². The van der Waals surface area contributed by atoms with Crippen LogP contribution in [0.15, 0.2) is 73.8 Å². The number of hydrogen-bond acceptors (Lipinski definition) is 1. The molecular weight excluding hydrogens is 373 g/mol. The van der Waals surface area contributed by atoms with E-state index in [9.17, 15) is 8.78 Å². The Kier molecular flexibility index (Phi) is 6.76. The van der Waals surface area contributed by atoms with Gasteiger partial charge < -0.3 is 4.74 Å². The monoisotopic (exact) mass is 396 g/mol. The van der Waals surface area contributed by atoms with Gasteiger partial charge in [0.1, 0.15) is 11.6 Å². The molecule has 0 heterocycles. The average molecular weight is 396 g/mol. The van der Waals surface area contributed by atoms with Crippen LogP contribution in [0.1, 0.15) is 24.0 Å². The lowest BCUT2D eigenvalue weighted by Crippen LogP contribution is -2.06. The van der Waals surface area contributed by atoms with E-state index in [0.717, 1.165) is 24.0 Å². The number of rotatable bonds is 9. The minimum absolute atomic E-state index is 0.122. The van der Waals surface area contributed by atoms with Gasteiger partial charge in [-0.3, -0.25) is 0 Å². The largest absolute Gasteiger partial charge is 0.434 e. The molecule has 0 N–H and O–H groups in total. The highest BCUT2D eigenvalue weighted by atomic mass is 19.3. The Labute approximate surface area is 169 Å². The van der Waals surface area contributed by atoms with Crippen molar-refractivity contribution in [1.29, 1.82) is 0 Å². The normalized spacial score (nSPS) is 11.0. The molecule has 150 valence electrons. The summed E-state index contributed by atoms with van der Waals surface area (Å²) in [5.41, 5.74) is 3.22. The van der Waals surface area contributed by atoms with Crippen LogP contribution < -0.4 is 4.74 Å². The minimum atomic E-state index is -3.01. The second-order valence-corrected chi connectivity index (χ2v) is 6.83. The van der Waals surface area contributed by atoms with Gasteiger partial charge in [-0.25, -0.2) is 4.39 Å². The Bertz CT molecular complexity index is 1010. The summed E-state index contributed by atoms with van der Waals surface area (Å²) in [7, 11) is 0. The SMILES string of the molecule is C=CCCc1ccc(-c2ccc3c(F)c(CCC=C)c(OC(F)F)cc3c2)cc1. The second kappa shape index (κ2) is 9.46. The van der Waals surface area contributed by atoms with E-state index < -0.39 is 12.4 Å². The van der Waals surface area contributed by atoms with E-state index in [1.807, 2.05) is 36.4 Å². The number of ether oxygens (including phenoxy) is 1. The maximum atomic E-state index is 15.0. The average Bonchev–Trinajstić information content (AvgIpc) is 2.71. The number of allylic oxidation sites excluding steroid dienone is 2. The van der Waals surface area contributed by atoms with E-state index in [4.69, 9.17) is 0 Å². The highest BCUT2D eigenvalue weighted by Crippen LogP contribution is 2.34. The number of alkyl halides is 2. The zero-order valence-corrected chi connectivity index (χ0v) is 16.1. The Morgan fingerprint density at radius 2 is 1.52 bits per heavy atom. The third kappa shape index (κ3) is 4.89. The molecule has 0 saturated heterocycles. The molecule has 0 spiro atoms. The van der Waals surface area contributed by atoms with Gasteiger partial charge in [-0.05, 0) is 59.9 Å². The Balaban J connectivity index is 2.02. The zero-order chi connectivity index (χ0) is 20.8. The van der Waals surface area contributed by atoms with Crippen LogP contribution in [0.5, 0.6) is 5.75 Å². The van der Waals surface area contributed by atoms with Gasteiger partial charge in [0.05, 0.1) is 0 Å². The Morgan fingerprint density at radius 3 is 2.17 bits per heavy atom. The lowest BCUT2D eigenvalue weighted by atomic mass is 9.96. The van der Waals surface area contributed by atoms with E-state index in [0.29, 0.717) is 17.2 Å². The molecule has 29 heavy (non-hydrogen) atoms. The molecule has 0 bridgehead atoms. The van der Waals surface area contributed by atoms with Gasteiger partial charge in [0, 0.05) is 10.9 Å². The van der Waals surface area contributed by atoms with E-state index in [1.165, 1.54) is 11.6 Å². The molecule has 3 aromatic carbocycles. The van der Waals surface area contributed by atoms with Crippen LogP contribution in [-0.2, 0) is 12.8 Å². The molecule has 0 atom stereocenters. The molecule has 0 radical (unpaired) electrons. The molecular formula is C25H23F3O. The van der Waals surface area contributed by atoms with Crippen molar-refractivity contribution in [3.05, 3.63) is 90.8 Å². The van der Waals surface area contributed by atoms with Crippen molar-refractivity contribution in [2.75, 3.05) is 0 Å². The van der Waals surface area contributed by atoms with Crippen molar-refractivity contribution >= 4 is 10.8 Å². The summed E-state index contributed by atoms with van der Waals surface area (Å²) in [6, 6.07) is 14.9. The lowest BCUT2D eigenvalue weighted by molar-refractivity contribution is -0.0505. The van der Waals surface area contributed by atoms with Gasteiger partial charge >= 0.3 is 6.61 Å². The van der Waals surface area contributed by atoms with Crippen molar-refractivity contribution in [3.8, 4) is 16.9 Å². The van der Waals surface area contributed by atoms with Gasteiger partial charge in [0.25, 0.3) is 0 Å². The van der Waals surface area contributed by atoms with Gasteiger partial charge in [0.15, 0.2) is 0 Å². The van der Waals surface area contributed by atoms with Crippen molar-refractivity contribution < 1.29 is 17.9 Å². The maximum Gasteiger partial charge on any atom is 0.387 e. The second-order valence-electron chi connectivity index (χ2n) is 6.83. The molecule has 0 aliphatic carbocycles. The first-order valence-corrected chi connectivity index (χ1v) is 9.54. The number of halogens is 3. The first-order chi connectivity index (χ1) is 14.0. The molecule has 0 aromatic heterocycles. The molecule has 4 heteroatoms. The van der Waals surface area contributed by atoms with Crippen LogP contribution in [0.3, 0.4) is 0 Å². The van der Waals surface area contributed by atoms with Crippen molar-refractivity contribution in [2.45, 2.75) is 32.3 Å². The van der Waals surface area contributed by atoms with Crippen LogP contribution in [0.4, 0.5) is 13.2 Å². The molecule has 0 fully saturated rings. The van der Waals surface area contributed by atoms with Gasteiger partial charge in [-0.2, -0.15) is 8.78 Å². The number of fused-ring (bicyclic) bond motifs is 1. The fraction of sp³-hybridized carbons (Fsp3) is 0.200. The van der Waals surface area contributed by atoms with Crippen LogP contribution >= 0.6 is 0 Å².